The van der Waals surface area contributed by atoms with Crippen LogP contribution in [0.15, 0.2) is 70.9 Å². The van der Waals surface area contributed by atoms with E-state index in [1.807, 2.05) is 0 Å². The van der Waals surface area contributed by atoms with Crippen LogP contribution in [-0.4, -0.2) is 23.3 Å². The first-order valence-corrected chi connectivity index (χ1v) is 14.9. The zero-order valence-electron chi connectivity index (χ0n) is 23.5. The molecule has 1 fully saturated rings. The summed E-state index contributed by atoms with van der Waals surface area (Å²) in [5.74, 6) is 2.76. The quantitative estimate of drug-likeness (QED) is 0.284. The Labute approximate surface area is 221 Å². The smallest absolute Gasteiger partial charge is 0.0735 e. The van der Waals surface area contributed by atoms with Crippen LogP contribution < -0.4 is 0 Å². The van der Waals surface area contributed by atoms with Gasteiger partial charge in [-0.25, -0.2) is 0 Å². The van der Waals surface area contributed by atoms with E-state index in [0.29, 0.717) is 17.9 Å². The summed E-state index contributed by atoms with van der Waals surface area (Å²) in [5.41, 5.74) is 6.97. The molecule has 1 aromatic carbocycles. The Morgan fingerprint density at radius 3 is 2.39 bits per heavy atom. The van der Waals surface area contributed by atoms with Crippen LogP contribution >= 0.6 is 0 Å². The van der Waals surface area contributed by atoms with Crippen LogP contribution in [0.3, 0.4) is 0 Å². The van der Waals surface area contributed by atoms with E-state index < -0.39 is 0 Å². The number of benzene rings is 1. The predicted molar refractivity (Wildman–Crippen MR) is 156 cm³/mol. The van der Waals surface area contributed by atoms with Crippen LogP contribution in [0.5, 0.6) is 0 Å². The molecule has 0 bridgehead atoms. The Kier molecular flexibility index (Phi) is 9.68. The van der Waals surface area contributed by atoms with Crippen LogP contribution in [0, 0.1) is 23.7 Å². The number of rotatable bonds is 11. The third-order valence-corrected chi connectivity index (χ3v) is 9.07. The van der Waals surface area contributed by atoms with E-state index in [1.54, 1.807) is 5.57 Å². The lowest BCUT2D eigenvalue weighted by Crippen LogP contribution is -2.40. The molecule has 3 aliphatic rings. The van der Waals surface area contributed by atoms with E-state index in [9.17, 15) is 0 Å². The van der Waals surface area contributed by atoms with Gasteiger partial charge in [-0.1, -0.05) is 98.2 Å². The molecule has 0 aromatic heterocycles. The fraction of sp³-hybridized carbons (Fsp3) is 0.618. The second-order valence-corrected chi connectivity index (χ2v) is 12.1. The number of hydrogen-bond acceptors (Lipinski definition) is 2. The summed E-state index contributed by atoms with van der Waals surface area (Å²) in [4.78, 5) is 0. The van der Waals surface area contributed by atoms with Crippen molar-refractivity contribution in [1.82, 2.24) is 5.01 Å². The molecule has 0 N–H and O–H groups in total. The number of unbranched alkanes of at least 4 members (excludes halogenated alkanes) is 1. The molecular weight excluding hydrogens is 436 g/mol. The minimum absolute atomic E-state index is 0.484. The highest BCUT2D eigenvalue weighted by molar-refractivity contribution is 6.04. The first kappa shape index (κ1) is 27.0. The van der Waals surface area contributed by atoms with Gasteiger partial charge in [-0.05, 0) is 82.6 Å². The first-order valence-electron chi connectivity index (χ1n) is 14.9. The van der Waals surface area contributed by atoms with Crippen molar-refractivity contribution in [1.29, 1.82) is 0 Å². The lowest BCUT2D eigenvalue weighted by molar-refractivity contribution is 0.122. The molecule has 2 heteroatoms. The molecule has 3 atom stereocenters. The Morgan fingerprint density at radius 1 is 1.00 bits per heavy atom. The topological polar surface area (TPSA) is 15.6 Å². The molecule has 36 heavy (non-hydrogen) atoms. The fourth-order valence-electron chi connectivity index (χ4n) is 7.00. The summed E-state index contributed by atoms with van der Waals surface area (Å²) in [6, 6.07) is 11.6. The number of allylic oxidation sites excluding steroid dienone is 5. The van der Waals surface area contributed by atoms with Crippen molar-refractivity contribution in [3.05, 3.63) is 71.3 Å². The molecule has 0 amide bonds. The zero-order chi connectivity index (χ0) is 25.5. The Bertz CT molecular complexity index is 945. The highest BCUT2D eigenvalue weighted by Crippen LogP contribution is 2.42. The highest BCUT2D eigenvalue weighted by Gasteiger charge is 2.43. The second-order valence-electron chi connectivity index (χ2n) is 12.1. The van der Waals surface area contributed by atoms with Crippen LogP contribution in [0.25, 0.3) is 0 Å². The molecule has 1 saturated carbocycles. The van der Waals surface area contributed by atoms with Crippen LogP contribution in [0.4, 0.5) is 0 Å². The molecule has 196 valence electrons. The summed E-state index contributed by atoms with van der Waals surface area (Å²) in [6.45, 7) is 14.3. The van der Waals surface area contributed by atoms with Gasteiger partial charge in [0, 0.05) is 12.5 Å². The normalized spacial score (nSPS) is 28.5. The molecule has 0 spiro atoms. The maximum atomic E-state index is 5.48. The molecule has 1 aromatic rings. The Hall–Kier alpha value is -2.09. The Balaban J connectivity index is 1.50. The number of nitrogens with zero attached hydrogens (tertiary/aromatic N) is 2. The largest absolute Gasteiger partial charge is 0.293 e. The fourth-order valence-corrected chi connectivity index (χ4v) is 7.00. The molecule has 0 saturated heterocycles. The van der Waals surface area contributed by atoms with Gasteiger partial charge in [-0.2, -0.15) is 5.10 Å². The average Bonchev–Trinajstić information content (AvgIpc) is 3.21. The molecule has 2 aliphatic carbocycles. The summed E-state index contributed by atoms with van der Waals surface area (Å²) in [7, 11) is 0. The van der Waals surface area contributed by atoms with E-state index >= 15 is 0 Å². The third-order valence-electron chi connectivity index (χ3n) is 9.07. The summed E-state index contributed by atoms with van der Waals surface area (Å²) in [6.07, 6.45) is 19.3. The summed E-state index contributed by atoms with van der Waals surface area (Å²) < 4.78 is 0. The maximum Gasteiger partial charge on any atom is 0.0735 e. The van der Waals surface area contributed by atoms with Crippen LogP contribution in [0.2, 0.25) is 0 Å². The van der Waals surface area contributed by atoms with Crippen molar-refractivity contribution in [2.75, 3.05) is 6.54 Å². The van der Waals surface area contributed by atoms with Gasteiger partial charge in [0.15, 0.2) is 0 Å². The van der Waals surface area contributed by atoms with E-state index in [0.717, 1.165) is 24.8 Å². The van der Waals surface area contributed by atoms with Crippen molar-refractivity contribution in [3.63, 3.8) is 0 Å². The molecule has 1 aliphatic heterocycles. The molecule has 4 rings (SSSR count). The molecule has 2 nitrogen and oxygen atoms in total. The van der Waals surface area contributed by atoms with Crippen molar-refractivity contribution < 1.29 is 0 Å². The van der Waals surface area contributed by atoms with Crippen molar-refractivity contribution in [2.45, 2.75) is 104 Å². The van der Waals surface area contributed by atoms with E-state index in [-0.39, 0.29) is 0 Å². The van der Waals surface area contributed by atoms with Crippen molar-refractivity contribution in [3.8, 4) is 0 Å². The Morgan fingerprint density at radius 2 is 1.72 bits per heavy atom. The molecular formula is C34H50N2. The predicted octanol–water partition coefficient (Wildman–Crippen LogP) is 9.35. The molecule has 0 radical (unpaired) electrons. The van der Waals surface area contributed by atoms with Crippen LogP contribution in [0.1, 0.15) is 104 Å². The monoisotopic (exact) mass is 486 g/mol. The average molecular weight is 487 g/mol. The lowest BCUT2D eigenvalue weighted by Gasteiger charge is -2.37. The summed E-state index contributed by atoms with van der Waals surface area (Å²) >= 11 is 0. The second kappa shape index (κ2) is 12.9. The summed E-state index contributed by atoms with van der Waals surface area (Å²) in [5, 5.41) is 8.05. The highest BCUT2D eigenvalue weighted by atomic mass is 15.5. The van der Waals surface area contributed by atoms with Crippen molar-refractivity contribution >= 4 is 5.71 Å². The van der Waals surface area contributed by atoms with E-state index in [4.69, 9.17) is 5.10 Å². The van der Waals surface area contributed by atoms with Crippen LogP contribution in [-0.2, 0) is 0 Å². The maximum absolute atomic E-state index is 5.48. The zero-order valence-corrected chi connectivity index (χ0v) is 23.5. The third kappa shape index (κ3) is 6.81. The standard InChI is InChI=1S/C34H50N2/c1-6-7-16-32-33(31-22-17-26(4)23-27(31)5)34(30-14-9-8-10-15-30)35-36(32)24-29-20-18-28(19-21-29)13-11-12-25(2)3/h8-10,14-15,17,23,28-29,31-33H,2,6-7,11-13,16,18-22,24H2,1,3-5H3. The van der Waals surface area contributed by atoms with Gasteiger partial charge in [0.2, 0.25) is 0 Å². The molecule has 3 unspecified atom stereocenters. The van der Waals surface area contributed by atoms with Gasteiger partial charge in [0.05, 0.1) is 11.8 Å². The first-order chi connectivity index (χ1) is 17.5. The van der Waals surface area contributed by atoms with Crippen molar-refractivity contribution in [2.24, 2.45) is 28.8 Å². The van der Waals surface area contributed by atoms with E-state index in [2.05, 4.69) is 81.8 Å². The van der Waals surface area contributed by atoms with Gasteiger partial charge in [-0.3, -0.25) is 5.01 Å². The van der Waals surface area contributed by atoms with Gasteiger partial charge >= 0.3 is 0 Å². The van der Waals surface area contributed by atoms with Gasteiger partial charge in [0.1, 0.15) is 0 Å². The SMILES string of the molecule is C=C(C)CCCC1CCC(CN2N=C(c3ccccc3)C(C3CC=C(C)C=C3C)C2CCCC)CC1. The van der Waals surface area contributed by atoms with Gasteiger partial charge < -0.3 is 0 Å². The molecule has 1 heterocycles. The van der Waals surface area contributed by atoms with Gasteiger partial charge in [-0.15, -0.1) is 6.58 Å². The number of hydrogen-bond donors (Lipinski definition) is 0. The van der Waals surface area contributed by atoms with E-state index in [1.165, 1.54) is 86.6 Å². The minimum atomic E-state index is 0.484. The lowest BCUT2D eigenvalue weighted by atomic mass is 9.72. The number of hydrazone groups is 1. The van der Waals surface area contributed by atoms with Gasteiger partial charge in [0.25, 0.3) is 0 Å². The minimum Gasteiger partial charge on any atom is -0.293 e.